The summed E-state index contributed by atoms with van der Waals surface area (Å²) in [6.07, 6.45) is 18.5. The molecule has 0 spiro atoms. The number of ether oxygens (including phenoxy) is 2. The second-order valence-electron chi connectivity index (χ2n) is 8.90. The van der Waals surface area contributed by atoms with Crippen molar-refractivity contribution in [2.24, 2.45) is 0 Å². The van der Waals surface area contributed by atoms with Gasteiger partial charge in [-0.15, -0.1) is 0 Å². The van der Waals surface area contributed by atoms with Gasteiger partial charge in [0.2, 0.25) is 0 Å². The second-order valence-corrected chi connectivity index (χ2v) is 8.90. The van der Waals surface area contributed by atoms with Crippen LogP contribution < -0.4 is 9.47 Å². The van der Waals surface area contributed by atoms with Gasteiger partial charge in [-0.1, -0.05) is 104 Å². The summed E-state index contributed by atoms with van der Waals surface area (Å²) in [7, 11) is 0. The van der Waals surface area contributed by atoms with Crippen LogP contribution in [0.4, 0.5) is 0 Å². The molecule has 0 radical (unpaired) electrons. The summed E-state index contributed by atoms with van der Waals surface area (Å²) >= 11 is 0. The number of benzene rings is 1. The first kappa shape index (κ1) is 28.9. The number of hydrogen-bond donors (Lipinski definition) is 3. The summed E-state index contributed by atoms with van der Waals surface area (Å²) in [6.45, 7) is 5.17. The molecule has 1 aromatic carbocycles. The molecular weight excluding hydrogens is 420 g/mol. The quantitative estimate of drug-likeness (QED) is 0.126. The Morgan fingerprint density at radius 3 is 1.58 bits per heavy atom. The lowest BCUT2D eigenvalue weighted by atomic mass is 10.1. The Morgan fingerprint density at radius 2 is 1.12 bits per heavy atom. The molecule has 0 aliphatic heterocycles. The van der Waals surface area contributed by atoms with Crippen molar-refractivity contribution in [3.05, 3.63) is 11.6 Å². The van der Waals surface area contributed by atoms with Gasteiger partial charge in [0.1, 0.15) is 0 Å². The monoisotopic (exact) mass is 466 g/mol. The highest BCUT2D eigenvalue weighted by Crippen LogP contribution is 2.43. The Balaban J connectivity index is 2.53. The summed E-state index contributed by atoms with van der Waals surface area (Å²) in [5.74, 6) is -2.39. The summed E-state index contributed by atoms with van der Waals surface area (Å²) in [6, 6.07) is 1.25. The molecule has 190 valence electrons. The van der Waals surface area contributed by atoms with Crippen molar-refractivity contribution in [1.29, 1.82) is 0 Å². The van der Waals surface area contributed by atoms with E-state index in [9.17, 15) is 20.1 Å². The van der Waals surface area contributed by atoms with Crippen molar-refractivity contribution in [2.45, 2.75) is 117 Å². The summed E-state index contributed by atoms with van der Waals surface area (Å²) in [5.41, 5.74) is -0.444. The number of carboxylic acid groups (broad SMARTS) is 1. The van der Waals surface area contributed by atoms with Crippen LogP contribution in [0.2, 0.25) is 0 Å². The molecule has 6 nitrogen and oxygen atoms in total. The lowest BCUT2D eigenvalue weighted by Gasteiger charge is -2.17. The van der Waals surface area contributed by atoms with Crippen LogP contribution in [0.3, 0.4) is 0 Å². The lowest BCUT2D eigenvalue weighted by molar-refractivity contribution is 0.0686. The van der Waals surface area contributed by atoms with Gasteiger partial charge in [0.25, 0.3) is 0 Å². The van der Waals surface area contributed by atoms with Crippen LogP contribution in [0.5, 0.6) is 23.0 Å². The van der Waals surface area contributed by atoms with Crippen molar-refractivity contribution in [3.63, 3.8) is 0 Å². The van der Waals surface area contributed by atoms with Gasteiger partial charge in [0.05, 0.1) is 13.2 Å². The van der Waals surface area contributed by atoms with Crippen molar-refractivity contribution < 1.29 is 29.6 Å². The Bertz CT molecular complexity index is 659. The molecule has 0 atom stereocenters. The van der Waals surface area contributed by atoms with Gasteiger partial charge < -0.3 is 24.8 Å². The molecule has 0 aromatic heterocycles. The van der Waals surface area contributed by atoms with Crippen LogP contribution in [0.25, 0.3) is 0 Å². The Labute approximate surface area is 200 Å². The summed E-state index contributed by atoms with van der Waals surface area (Å²) in [4.78, 5) is 11.7. The Hall–Kier alpha value is -2.11. The molecule has 0 amide bonds. The van der Waals surface area contributed by atoms with Gasteiger partial charge in [-0.3, -0.25) is 0 Å². The number of phenolic OH excluding ortho intramolecular Hbond substituents is 1. The lowest BCUT2D eigenvalue weighted by Crippen LogP contribution is -2.08. The molecule has 0 heterocycles. The topological polar surface area (TPSA) is 96.2 Å². The first-order chi connectivity index (χ1) is 16.0. The molecule has 0 saturated heterocycles. The van der Waals surface area contributed by atoms with E-state index in [1.807, 2.05) is 0 Å². The fourth-order valence-corrected chi connectivity index (χ4v) is 3.89. The zero-order valence-electron chi connectivity index (χ0n) is 20.9. The third kappa shape index (κ3) is 12.1. The predicted octanol–water partition coefficient (Wildman–Crippen LogP) is 7.84. The number of aromatic carboxylic acids is 1. The zero-order valence-corrected chi connectivity index (χ0v) is 20.9. The van der Waals surface area contributed by atoms with Crippen LogP contribution in [-0.4, -0.2) is 34.5 Å². The number of unbranched alkanes of at least 4 members (excludes halogenated alkanes) is 14. The second kappa shape index (κ2) is 18.3. The van der Waals surface area contributed by atoms with Crippen molar-refractivity contribution in [3.8, 4) is 23.0 Å². The summed E-state index contributed by atoms with van der Waals surface area (Å²) < 4.78 is 11.5. The number of carbonyl (C=O) groups is 1. The fraction of sp³-hybridized carbons (Fsp3) is 0.741. The minimum absolute atomic E-state index is 0.000288. The van der Waals surface area contributed by atoms with Crippen LogP contribution in [-0.2, 0) is 0 Å². The van der Waals surface area contributed by atoms with E-state index >= 15 is 0 Å². The van der Waals surface area contributed by atoms with Crippen LogP contribution in [0.1, 0.15) is 127 Å². The third-order valence-corrected chi connectivity index (χ3v) is 5.91. The van der Waals surface area contributed by atoms with E-state index in [1.54, 1.807) is 0 Å². The smallest absolute Gasteiger partial charge is 0.343 e. The molecule has 3 N–H and O–H groups in total. The molecule has 0 saturated carbocycles. The highest BCUT2D eigenvalue weighted by molar-refractivity contribution is 5.96. The number of aromatic hydroxyl groups is 2. The van der Waals surface area contributed by atoms with Gasteiger partial charge in [0.15, 0.2) is 28.6 Å². The SMILES string of the molecule is CCCCCCCCCCOc1cc(O)c(O)c(C(=O)O)c1OCCCCCCCCCC. The molecule has 1 rings (SSSR count). The van der Waals surface area contributed by atoms with Crippen molar-refractivity contribution in [1.82, 2.24) is 0 Å². The number of hydrogen-bond acceptors (Lipinski definition) is 5. The van der Waals surface area contributed by atoms with Gasteiger partial charge in [-0.25, -0.2) is 4.79 Å². The molecular formula is C27H46O6. The van der Waals surface area contributed by atoms with Crippen LogP contribution in [0.15, 0.2) is 6.07 Å². The van der Waals surface area contributed by atoms with Crippen molar-refractivity contribution >= 4 is 5.97 Å². The van der Waals surface area contributed by atoms with E-state index in [0.29, 0.717) is 13.2 Å². The van der Waals surface area contributed by atoms with E-state index in [-0.39, 0.29) is 11.5 Å². The molecule has 0 fully saturated rings. The molecule has 1 aromatic rings. The fourth-order valence-electron chi connectivity index (χ4n) is 3.89. The van der Waals surface area contributed by atoms with Gasteiger partial charge in [-0.05, 0) is 12.8 Å². The first-order valence-electron chi connectivity index (χ1n) is 13.1. The maximum Gasteiger partial charge on any atom is 0.343 e. The molecule has 0 aliphatic carbocycles. The predicted molar refractivity (Wildman–Crippen MR) is 133 cm³/mol. The Kier molecular flexibility index (Phi) is 16.1. The van der Waals surface area contributed by atoms with E-state index < -0.39 is 23.0 Å². The van der Waals surface area contributed by atoms with Gasteiger partial charge in [0, 0.05) is 6.07 Å². The minimum atomic E-state index is -1.36. The Morgan fingerprint density at radius 1 is 0.697 bits per heavy atom. The number of phenols is 2. The van der Waals surface area contributed by atoms with Gasteiger partial charge in [-0.2, -0.15) is 0 Å². The minimum Gasteiger partial charge on any atom is -0.504 e. The highest BCUT2D eigenvalue weighted by Gasteiger charge is 2.25. The van der Waals surface area contributed by atoms with E-state index in [1.165, 1.54) is 70.3 Å². The molecule has 0 bridgehead atoms. The number of carboxylic acids is 1. The maximum absolute atomic E-state index is 11.7. The van der Waals surface area contributed by atoms with Crippen LogP contribution >= 0.6 is 0 Å². The average Bonchev–Trinajstić information content (AvgIpc) is 2.79. The molecule has 0 aliphatic rings. The van der Waals surface area contributed by atoms with E-state index in [4.69, 9.17) is 9.47 Å². The van der Waals surface area contributed by atoms with E-state index in [2.05, 4.69) is 13.8 Å². The van der Waals surface area contributed by atoms with Gasteiger partial charge >= 0.3 is 5.97 Å². The number of rotatable bonds is 21. The normalized spacial score (nSPS) is 11.0. The van der Waals surface area contributed by atoms with Crippen LogP contribution in [0, 0.1) is 0 Å². The largest absolute Gasteiger partial charge is 0.504 e. The molecule has 33 heavy (non-hydrogen) atoms. The standard InChI is InChI=1S/C27H46O6/c1-3-5-7-9-11-13-15-17-19-32-23-21-22(28)25(29)24(27(30)31)26(23)33-20-18-16-14-12-10-8-6-4-2/h21,28-29H,3-20H2,1-2H3,(H,30,31). The molecule has 0 unspecified atom stereocenters. The van der Waals surface area contributed by atoms with E-state index in [0.717, 1.165) is 38.5 Å². The maximum atomic E-state index is 11.7. The molecule has 6 heteroatoms. The summed E-state index contributed by atoms with van der Waals surface area (Å²) in [5, 5.41) is 29.6. The third-order valence-electron chi connectivity index (χ3n) is 5.91. The zero-order chi connectivity index (χ0) is 24.3. The van der Waals surface area contributed by atoms with Crippen molar-refractivity contribution in [2.75, 3.05) is 13.2 Å². The highest BCUT2D eigenvalue weighted by atomic mass is 16.5. The first-order valence-corrected chi connectivity index (χ1v) is 13.1. The average molecular weight is 467 g/mol.